The SMILES string of the molecule is CCOC(=O)c1cc(C)n(CC(=O)OCC(=O)Nc2ccc(N3CCOCC3)cc2)c1C. The standard InChI is InChI=1S/C23H29N3O6/c1-4-31-23(29)20-13-16(2)26(17(20)3)14-22(28)32-15-21(27)24-18-5-7-19(8-6-18)25-9-11-30-12-10-25/h5-8,13H,4,9-12,14-15H2,1-3H3,(H,24,27). The van der Waals surface area contributed by atoms with Crippen molar-refractivity contribution in [1.82, 2.24) is 4.57 Å². The van der Waals surface area contributed by atoms with Crippen LogP contribution in [-0.2, 0) is 30.3 Å². The third kappa shape index (κ3) is 5.88. The summed E-state index contributed by atoms with van der Waals surface area (Å²) in [5, 5.41) is 2.72. The fourth-order valence-corrected chi connectivity index (χ4v) is 3.55. The lowest BCUT2D eigenvalue weighted by molar-refractivity contribution is -0.147. The number of rotatable bonds is 8. The molecule has 1 aliphatic rings. The van der Waals surface area contributed by atoms with Crippen molar-refractivity contribution >= 4 is 29.2 Å². The Morgan fingerprint density at radius 1 is 1.06 bits per heavy atom. The van der Waals surface area contributed by atoms with E-state index in [2.05, 4.69) is 10.2 Å². The number of hydrogen-bond donors (Lipinski definition) is 1. The average Bonchev–Trinajstić information content (AvgIpc) is 3.07. The van der Waals surface area contributed by atoms with Crippen molar-refractivity contribution in [2.75, 3.05) is 49.7 Å². The van der Waals surface area contributed by atoms with Crippen LogP contribution in [-0.4, -0.2) is 61.9 Å². The minimum Gasteiger partial charge on any atom is -0.462 e. The van der Waals surface area contributed by atoms with E-state index in [1.165, 1.54) is 0 Å². The van der Waals surface area contributed by atoms with Crippen LogP contribution in [0.15, 0.2) is 30.3 Å². The van der Waals surface area contributed by atoms with Crippen LogP contribution < -0.4 is 10.2 Å². The summed E-state index contributed by atoms with van der Waals surface area (Å²) in [6.45, 7) is 8.12. The summed E-state index contributed by atoms with van der Waals surface area (Å²) in [6.07, 6.45) is 0. The molecule has 2 heterocycles. The molecule has 0 unspecified atom stereocenters. The van der Waals surface area contributed by atoms with Crippen LogP contribution in [0.5, 0.6) is 0 Å². The lowest BCUT2D eigenvalue weighted by Gasteiger charge is -2.28. The molecule has 0 atom stereocenters. The van der Waals surface area contributed by atoms with Crippen LogP contribution in [0.25, 0.3) is 0 Å². The van der Waals surface area contributed by atoms with Crippen molar-refractivity contribution in [2.45, 2.75) is 27.3 Å². The molecule has 0 radical (unpaired) electrons. The Balaban J connectivity index is 1.49. The van der Waals surface area contributed by atoms with Crippen LogP contribution in [0.3, 0.4) is 0 Å². The number of hydrogen-bond acceptors (Lipinski definition) is 7. The highest BCUT2D eigenvalue weighted by Crippen LogP contribution is 2.19. The molecule has 1 aromatic carbocycles. The molecule has 0 saturated carbocycles. The molecule has 1 aliphatic heterocycles. The predicted molar refractivity (Wildman–Crippen MR) is 119 cm³/mol. The van der Waals surface area contributed by atoms with Crippen molar-refractivity contribution < 1.29 is 28.6 Å². The lowest BCUT2D eigenvalue weighted by atomic mass is 10.2. The molecule has 3 rings (SSSR count). The minimum absolute atomic E-state index is 0.0986. The molecular weight excluding hydrogens is 414 g/mol. The van der Waals surface area contributed by atoms with E-state index in [9.17, 15) is 14.4 Å². The number of amides is 1. The Morgan fingerprint density at radius 3 is 2.41 bits per heavy atom. The summed E-state index contributed by atoms with van der Waals surface area (Å²) in [5.74, 6) is -1.43. The monoisotopic (exact) mass is 443 g/mol. The second kappa shape index (κ2) is 10.8. The molecule has 32 heavy (non-hydrogen) atoms. The second-order valence-corrected chi connectivity index (χ2v) is 7.45. The first-order chi connectivity index (χ1) is 15.4. The van der Waals surface area contributed by atoms with Gasteiger partial charge in [0.2, 0.25) is 0 Å². The van der Waals surface area contributed by atoms with Crippen LogP contribution >= 0.6 is 0 Å². The Morgan fingerprint density at radius 2 is 1.75 bits per heavy atom. The molecule has 1 amide bonds. The Labute approximate surface area is 187 Å². The van der Waals surface area contributed by atoms with Crippen LogP contribution in [0.1, 0.15) is 28.7 Å². The van der Waals surface area contributed by atoms with Crippen molar-refractivity contribution in [3.63, 3.8) is 0 Å². The Bertz CT molecular complexity index is 961. The van der Waals surface area contributed by atoms with E-state index in [0.717, 1.165) is 24.5 Å². The third-order valence-electron chi connectivity index (χ3n) is 5.25. The first kappa shape index (κ1) is 23.3. The molecule has 1 N–H and O–H groups in total. The van der Waals surface area contributed by atoms with E-state index in [1.807, 2.05) is 24.3 Å². The van der Waals surface area contributed by atoms with E-state index in [0.29, 0.717) is 30.2 Å². The highest BCUT2D eigenvalue weighted by atomic mass is 16.5. The van der Waals surface area contributed by atoms with Gasteiger partial charge in [0, 0.05) is 35.9 Å². The summed E-state index contributed by atoms with van der Waals surface area (Å²) in [7, 11) is 0. The number of aryl methyl sites for hydroxylation is 1. The summed E-state index contributed by atoms with van der Waals surface area (Å²) in [4.78, 5) is 38.6. The number of esters is 2. The highest BCUT2D eigenvalue weighted by molar-refractivity contribution is 5.93. The maximum Gasteiger partial charge on any atom is 0.339 e. The number of nitrogens with zero attached hydrogens (tertiary/aromatic N) is 2. The van der Waals surface area contributed by atoms with E-state index >= 15 is 0 Å². The number of aromatic nitrogens is 1. The Kier molecular flexibility index (Phi) is 7.88. The zero-order chi connectivity index (χ0) is 23.1. The number of morpholine rings is 1. The van der Waals surface area contributed by atoms with Crippen LogP contribution in [0, 0.1) is 13.8 Å². The first-order valence-electron chi connectivity index (χ1n) is 10.6. The van der Waals surface area contributed by atoms with Gasteiger partial charge in [-0.2, -0.15) is 0 Å². The second-order valence-electron chi connectivity index (χ2n) is 7.45. The number of carbonyl (C=O) groups excluding carboxylic acids is 3. The van der Waals surface area contributed by atoms with Gasteiger partial charge in [0.25, 0.3) is 5.91 Å². The minimum atomic E-state index is -0.569. The maximum absolute atomic E-state index is 12.2. The van der Waals surface area contributed by atoms with Gasteiger partial charge in [0.1, 0.15) is 6.54 Å². The van der Waals surface area contributed by atoms with Gasteiger partial charge in [-0.15, -0.1) is 0 Å². The summed E-state index contributed by atoms with van der Waals surface area (Å²) < 4.78 is 17.2. The van der Waals surface area contributed by atoms with Crippen molar-refractivity contribution in [1.29, 1.82) is 0 Å². The van der Waals surface area contributed by atoms with Gasteiger partial charge in [0.05, 0.1) is 25.4 Å². The van der Waals surface area contributed by atoms with E-state index < -0.39 is 24.5 Å². The van der Waals surface area contributed by atoms with Crippen molar-refractivity contribution in [3.05, 3.63) is 47.3 Å². The van der Waals surface area contributed by atoms with Gasteiger partial charge >= 0.3 is 11.9 Å². The number of nitrogens with one attached hydrogen (secondary N) is 1. The van der Waals surface area contributed by atoms with E-state index in [1.54, 1.807) is 31.4 Å². The largest absolute Gasteiger partial charge is 0.462 e. The molecule has 9 nitrogen and oxygen atoms in total. The lowest BCUT2D eigenvalue weighted by Crippen LogP contribution is -2.36. The van der Waals surface area contributed by atoms with E-state index in [-0.39, 0.29) is 13.2 Å². The van der Waals surface area contributed by atoms with Gasteiger partial charge in [0.15, 0.2) is 6.61 Å². The third-order valence-corrected chi connectivity index (χ3v) is 5.25. The van der Waals surface area contributed by atoms with Gasteiger partial charge in [-0.3, -0.25) is 9.59 Å². The highest BCUT2D eigenvalue weighted by Gasteiger charge is 2.19. The normalized spacial score (nSPS) is 13.5. The summed E-state index contributed by atoms with van der Waals surface area (Å²) in [6, 6.07) is 9.17. The van der Waals surface area contributed by atoms with Gasteiger partial charge in [-0.1, -0.05) is 0 Å². The first-order valence-corrected chi connectivity index (χ1v) is 10.6. The number of benzene rings is 1. The number of ether oxygens (including phenoxy) is 3. The molecule has 1 aromatic heterocycles. The smallest absolute Gasteiger partial charge is 0.339 e. The van der Waals surface area contributed by atoms with Gasteiger partial charge < -0.3 is 29.0 Å². The molecule has 0 spiro atoms. The van der Waals surface area contributed by atoms with Crippen LogP contribution in [0.2, 0.25) is 0 Å². The quantitative estimate of drug-likeness (QED) is 0.625. The maximum atomic E-state index is 12.2. The molecule has 0 aliphatic carbocycles. The van der Waals surface area contributed by atoms with Crippen molar-refractivity contribution in [3.8, 4) is 0 Å². The number of anilines is 2. The average molecular weight is 444 g/mol. The fraction of sp³-hybridized carbons (Fsp3) is 0.435. The predicted octanol–water partition coefficient (Wildman–Crippen LogP) is 2.30. The molecule has 0 bridgehead atoms. The van der Waals surface area contributed by atoms with Gasteiger partial charge in [-0.25, -0.2) is 4.79 Å². The summed E-state index contributed by atoms with van der Waals surface area (Å²) >= 11 is 0. The fourth-order valence-electron chi connectivity index (χ4n) is 3.55. The van der Waals surface area contributed by atoms with E-state index in [4.69, 9.17) is 14.2 Å². The molecule has 2 aromatic rings. The molecule has 9 heteroatoms. The summed E-state index contributed by atoms with van der Waals surface area (Å²) in [5.41, 5.74) is 3.45. The molecule has 1 saturated heterocycles. The van der Waals surface area contributed by atoms with Gasteiger partial charge in [-0.05, 0) is 51.1 Å². The van der Waals surface area contributed by atoms with Crippen molar-refractivity contribution in [2.24, 2.45) is 0 Å². The zero-order valence-electron chi connectivity index (χ0n) is 18.7. The molecule has 1 fully saturated rings. The number of carbonyl (C=O) groups is 3. The topological polar surface area (TPSA) is 99.1 Å². The molecular formula is C23H29N3O6. The van der Waals surface area contributed by atoms with Crippen LogP contribution in [0.4, 0.5) is 11.4 Å². The zero-order valence-corrected chi connectivity index (χ0v) is 18.7. The molecule has 172 valence electrons. The Hall–Kier alpha value is -3.33.